The summed E-state index contributed by atoms with van der Waals surface area (Å²) in [5.74, 6) is 1.37. The lowest BCUT2D eigenvalue weighted by atomic mass is 9.96. The molecule has 2 aliphatic heterocycles. The number of phenolic OH excluding ortho intramolecular Hbond substituents is 1. The number of terminal acetylenes is 1. The first kappa shape index (κ1) is 26.4. The summed E-state index contributed by atoms with van der Waals surface area (Å²) in [7, 11) is 1.85. The van der Waals surface area contributed by atoms with E-state index in [-0.39, 0.29) is 46.1 Å². The molecule has 12 heteroatoms. The van der Waals surface area contributed by atoms with Crippen LogP contribution in [-0.4, -0.2) is 60.0 Å². The number of nitrogens with one attached hydrogen (secondary N) is 2. The van der Waals surface area contributed by atoms with Gasteiger partial charge in [-0.05, 0) is 42.5 Å². The van der Waals surface area contributed by atoms with Crippen molar-refractivity contribution < 1.29 is 18.6 Å². The lowest BCUT2D eigenvalue weighted by Gasteiger charge is -2.34. The molecule has 220 valence electrons. The van der Waals surface area contributed by atoms with Crippen LogP contribution >= 0.6 is 0 Å². The zero-order chi connectivity index (χ0) is 30.1. The molecule has 2 aromatic carbocycles. The second-order valence-electron chi connectivity index (χ2n) is 11.4. The van der Waals surface area contributed by atoms with Crippen LogP contribution in [0.2, 0.25) is 0 Å². The number of H-pyrrole nitrogens is 1. The topological polar surface area (TPSA) is 117 Å². The minimum absolute atomic E-state index is 0.00216. The Morgan fingerprint density at radius 3 is 2.70 bits per heavy atom. The zero-order valence-electron chi connectivity index (χ0n) is 23.6. The maximum Gasteiger partial charge on any atom is 0.319 e. The molecule has 2 aliphatic rings. The molecule has 6 aromatic rings. The minimum Gasteiger partial charge on any atom is -0.508 e. The molecule has 2 bridgehead atoms. The van der Waals surface area contributed by atoms with Gasteiger partial charge >= 0.3 is 6.01 Å². The summed E-state index contributed by atoms with van der Waals surface area (Å²) in [6.45, 7) is 1.51. The lowest BCUT2D eigenvalue weighted by Crippen LogP contribution is -2.51. The number of halogens is 2. The number of rotatable bonds is 5. The van der Waals surface area contributed by atoms with Gasteiger partial charge in [0.15, 0.2) is 5.82 Å². The van der Waals surface area contributed by atoms with Gasteiger partial charge in [0.2, 0.25) is 0 Å². The molecule has 44 heavy (non-hydrogen) atoms. The second kappa shape index (κ2) is 9.89. The highest BCUT2D eigenvalue weighted by atomic mass is 19.1. The molecule has 2 saturated heterocycles. The van der Waals surface area contributed by atoms with E-state index in [4.69, 9.17) is 16.1 Å². The van der Waals surface area contributed by atoms with E-state index in [0.29, 0.717) is 41.8 Å². The Morgan fingerprint density at radius 2 is 1.93 bits per heavy atom. The summed E-state index contributed by atoms with van der Waals surface area (Å²) in [5.41, 5.74) is 2.55. The third-order valence-corrected chi connectivity index (χ3v) is 8.56. The SMILES string of the molecule is C#Cc1c(F)ccc2cc(O)cc(-c3ncc4c(N5C[C@H]6CC[C@@H](C5)N6)nc(OCc5cc6c(cnn6C)[nH]5)nc4c3F)c12. The average Bonchev–Trinajstić information content (AvgIpc) is 3.70. The van der Waals surface area contributed by atoms with Crippen LogP contribution < -0.4 is 15.0 Å². The third-order valence-electron chi connectivity index (χ3n) is 8.56. The average molecular weight is 593 g/mol. The van der Waals surface area contributed by atoms with Crippen LogP contribution in [0, 0.1) is 24.0 Å². The minimum atomic E-state index is -0.759. The highest BCUT2D eigenvalue weighted by Crippen LogP contribution is 2.39. The summed E-state index contributed by atoms with van der Waals surface area (Å²) < 4.78 is 39.2. The first-order valence-corrected chi connectivity index (χ1v) is 14.3. The van der Waals surface area contributed by atoms with Gasteiger partial charge in [-0.1, -0.05) is 12.0 Å². The first-order valence-electron chi connectivity index (χ1n) is 14.3. The van der Waals surface area contributed by atoms with E-state index in [1.54, 1.807) is 10.9 Å². The Bertz CT molecular complexity index is 2160. The molecular weight excluding hydrogens is 566 g/mol. The van der Waals surface area contributed by atoms with E-state index >= 15 is 4.39 Å². The highest BCUT2D eigenvalue weighted by Gasteiger charge is 2.34. The Hall–Kier alpha value is -5.28. The van der Waals surface area contributed by atoms with E-state index in [1.165, 1.54) is 30.5 Å². The predicted molar refractivity (Wildman–Crippen MR) is 161 cm³/mol. The zero-order valence-corrected chi connectivity index (χ0v) is 23.6. The number of aromatic nitrogens is 6. The van der Waals surface area contributed by atoms with E-state index < -0.39 is 11.6 Å². The standard InChI is InChI=1S/C32H26F2N8O2/c1-3-21-24(33)7-4-16-8-20(43)10-22(27(16)21)29-28(34)30-23(11-35-29)31(42-13-17-5-6-18(14-42)37-17)40-32(39-30)44-15-19-9-26-25(38-19)12-36-41(26)2/h1,4,7-12,17-18,37-38,43H,5-6,13-15H2,2H3/t17-,18+. The van der Waals surface area contributed by atoms with Crippen molar-refractivity contribution in [1.82, 2.24) is 35.0 Å². The number of hydrogen-bond donors (Lipinski definition) is 3. The number of benzene rings is 2. The third kappa shape index (κ3) is 4.19. The Balaban J connectivity index is 1.28. The summed E-state index contributed by atoms with van der Waals surface area (Å²) in [6, 6.07) is 8.02. The molecule has 0 unspecified atom stereocenters. The number of fused-ring (bicyclic) bond motifs is 5. The molecular formula is C32H26F2N8O2. The smallest absolute Gasteiger partial charge is 0.319 e. The predicted octanol–water partition coefficient (Wildman–Crippen LogP) is 4.54. The van der Waals surface area contributed by atoms with E-state index in [0.717, 1.165) is 29.6 Å². The van der Waals surface area contributed by atoms with Gasteiger partial charge in [-0.3, -0.25) is 9.67 Å². The van der Waals surface area contributed by atoms with Crippen molar-refractivity contribution in [2.24, 2.45) is 7.05 Å². The van der Waals surface area contributed by atoms with Gasteiger partial charge < -0.3 is 25.0 Å². The second-order valence-corrected chi connectivity index (χ2v) is 11.4. The van der Waals surface area contributed by atoms with Gasteiger partial charge in [-0.25, -0.2) is 8.78 Å². The number of aryl methyl sites for hydroxylation is 1. The normalized spacial score (nSPS) is 18.0. The van der Waals surface area contributed by atoms with Crippen molar-refractivity contribution >= 4 is 38.5 Å². The largest absolute Gasteiger partial charge is 0.508 e. The van der Waals surface area contributed by atoms with Crippen LogP contribution in [-0.2, 0) is 13.7 Å². The van der Waals surface area contributed by atoms with Crippen molar-refractivity contribution in [3.8, 4) is 35.4 Å². The quantitative estimate of drug-likeness (QED) is 0.250. The van der Waals surface area contributed by atoms with Crippen molar-refractivity contribution in [2.45, 2.75) is 31.5 Å². The monoisotopic (exact) mass is 592 g/mol. The van der Waals surface area contributed by atoms with E-state index in [9.17, 15) is 9.50 Å². The van der Waals surface area contributed by atoms with E-state index in [2.05, 4.69) is 36.2 Å². The number of nitrogens with zero attached hydrogens (tertiary/aromatic N) is 6. The molecule has 6 heterocycles. The van der Waals surface area contributed by atoms with Crippen LogP contribution in [0.3, 0.4) is 0 Å². The molecule has 0 spiro atoms. The van der Waals surface area contributed by atoms with Gasteiger partial charge in [0, 0.05) is 49.4 Å². The summed E-state index contributed by atoms with van der Waals surface area (Å²) in [5, 5.41) is 19.5. The van der Waals surface area contributed by atoms with Crippen molar-refractivity contribution in [3.63, 3.8) is 0 Å². The fourth-order valence-electron chi connectivity index (χ4n) is 6.55. The maximum atomic E-state index is 16.7. The number of aromatic amines is 1. The molecule has 0 saturated carbocycles. The Morgan fingerprint density at radius 1 is 1.11 bits per heavy atom. The Kier molecular flexibility index (Phi) is 5.92. The van der Waals surface area contributed by atoms with E-state index in [1.807, 2.05) is 13.1 Å². The van der Waals surface area contributed by atoms with Gasteiger partial charge in [-0.2, -0.15) is 15.1 Å². The van der Waals surface area contributed by atoms with Crippen LogP contribution in [0.5, 0.6) is 11.8 Å². The molecule has 10 nitrogen and oxygen atoms in total. The number of phenols is 1. The van der Waals surface area contributed by atoms with Crippen molar-refractivity contribution in [3.05, 3.63) is 65.6 Å². The fourth-order valence-corrected chi connectivity index (χ4v) is 6.55. The van der Waals surface area contributed by atoms with Gasteiger partial charge in [-0.15, -0.1) is 6.42 Å². The van der Waals surface area contributed by atoms with Gasteiger partial charge in [0.1, 0.15) is 35.2 Å². The number of aromatic hydroxyl groups is 1. The van der Waals surface area contributed by atoms with Crippen LogP contribution in [0.1, 0.15) is 24.1 Å². The molecule has 3 N–H and O–H groups in total. The molecule has 2 atom stereocenters. The van der Waals surface area contributed by atoms with Crippen molar-refractivity contribution in [1.29, 1.82) is 0 Å². The molecule has 2 fully saturated rings. The first-order chi connectivity index (χ1) is 21.4. The number of piperazine rings is 1. The number of pyridine rings is 1. The maximum absolute atomic E-state index is 16.7. The summed E-state index contributed by atoms with van der Waals surface area (Å²) in [6.07, 6.45) is 11.0. The molecule has 0 radical (unpaired) electrons. The highest BCUT2D eigenvalue weighted by molar-refractivity contribution is 6.03. The van der Waals surface area contributed by atoms with Crippen LogP contribution in [0.4, 0.5) is 14.6 Å². The van der Waals surface area contributed by atoms with Gasteiger partial charge in [0.25, 0.3) is 0 Å². The summed E-state index contributed by atoms with van der Waals surface area (Å²) >= 11 is 0. The molecule has 0 aliphatic carbocycles. The molecule has 0 amide bonds. The summed E-state index contributed by atoms with van der Waals surface area (Å²) in [4.78, 5) is 19.1. The van der Waals surface area contributed by atoms with Crippen molar-refractivity contribution in [2.75, 3.05) is 18.0 Å². The number of ether oxygens (including phenoxy) is 1. The fraction of sp³-hybridized carbons (Fsp3) is 0.250. The number of anilines is 1. The Labute approximate surface area is 249 Å². The molecule has 8 rings (SSSR count). The lowest BCUT2D eigenvalue weighted by molar-refractivity contribution is 0.278. The van der Waals surface area contributed by atoms with Crippen LogP contribution in [0.25, 0.3) is 44.0 Å². The van der Waals surface area contributed by atoms with Gasteiger partial charge in [0.05, 0.1) is 33.9 Å². The number of hydrogen-bond acceptors (Lipinski definition) is 8. The van der Waals surface area contributed by atoms with Crippen LogP contribution in [0.15, 0.2) is 42.7 Å². The molecule has 4 aromatic heterocycles.